The number of benzene rings is 1. The van der Waals surface area contributed by atoms with Crippen LogP contribution in [0.1, 0.15) is 12.3 Å². The zero-order valence-electron chi connectivity index (χ0n) is 15.6. The normalized spacial score (nSPS) is 17.7. The van der Waals surface area contributed by atoms with Crippen molar-refractivity contribution in [2.45, 2.75) is 23.6 Å². The Bertz CT molecular complexity index is 1180. The van der Waals surface area contributed by atoms with E-state index in [-0.39, 0.29) is 35.3 Å². The van der Waals surface area contributed by atoms with Crippen LogP contribution >= 0.6 is 0 Å². The molecule has 0 spiro atoms. The maximum Gasteiger partial charge on any atom is 0.471 e. The summed E-state index contributed by atoms with van der Waals surface area (Å²) in [6.07, 6.45) is -3.64. The third-order valence-corrected chi connectivity index (χ3v) is 6.35. The predicted molar refractivity (Wildman–Crippen MR) is 96.7 cm³/mol. The van der Waals surface area contributed by atoms with E-state index in [1.165, 1.54) is 34.8 Å². The highest BCUT2D eigenvalue weighted by molar-refractivity contribution is 7.89. The van der Waals surface area contributed by atoms with Crippen LogP contribution in [-0.4, -0.2) is 47.0 Å². The highest BCUT2D eigenvalue weighted by Crippen LogP contribution is 2.30. The lowest BCUT2D eigenvalue weighted by atomic mass is 10.2. The minimum absolute atomic E-state index is 0.0437. The Balaban J connectivity index is 1.41. The number of ether oxygens (including phenoxy) is 1. The van der Waals surface area contributed by atoms with E-state index in [1.807, 2.05) is 0 Å². The molecule has 13 heteroatoms. The van der Waals surface area contributed by atoms with Crippen molar-refractivity contribution in [2.75, 3.05) is 13.1 Å². The number of pyridine rings is 1. The number of nitrogens with zero attached hydrogens (tertiary/aromatic N) is 4. The summed E-state index contributed by atoms with van der Waals surface area (Å²) in [6.45, 7) is 0.229. The standard InChI is InChI=1S/C18H14F4N4O4S/c19-12-2-1-3-14(8-12)31(27,28)26-7-6-13(10-26)29-15-5-4-11(9-23-15)16-24-17(30-25-16)18(20,21)22/h1-5,8-9,13H,6-7,10H2. The molecule has 8 nitrogen and oxygen atoms in total. The van der Waals surface area contributed by atoms with Crippen molar-refractivity contribution in [3.05, 3.63) is 54.3 Å². The molecule has 1 aliphatic heterocycles. The molecule has 0 radical (unpaired) electrons. The predicted octanol–water partition coefficient (Wildman–Crippen LogP) is 3.13. The van der Waals surface area contributed by atoms with E-state index >= 15 is 0 Å². The van der Waals surface area contributed by atoms with Gasteiger partial charge in [-0.05, 0) is 30.7 Å². The van der Waals surface area contributed by atoms with Gasteiger partial charge in [0.25, 0.3) is 0 Å². The van der Waals surface area contributed by atoms with E-state index < -0.39 is 34.0 Å². The zero-order valence-corrected chi connectivity index (χ0v) is 16.4. The van der Waals surface area contributed by atoms with Crippen molar-refractivity contribution < 1.29 is 35.2 Å². The summed E-state index contributed by atoms with van der Waals surface area (Å²) in [4.78, 5) is 7.13. The molecular weight excluding hydrogens is 444 g/mol. The summed E-state index contributed by atoms with van der Waals surface area (Å²) >= 11 is 0. The van der Waals surface area contributed by atoms with E-state index in [0.717, 1.165) is 12.1 Å². The van der Waals surface area contributed by atoms with Crippen LogP contribution in [0.3, 0.4) is 0 Å². The topological polar surface area (TPSA) is 98.4 Å². The highest BCUT2D eigenvalue weighted by atomic mass is 32.2. The average molecular weight is 458 g/mol. The van der Waals surface area contributed by atoms with Crippen LogP contribution in [0, 0.1) is 5.82 Å². The fraction of sp³-hybridized carbons (Fsp3) is 0.278. The second kappa shape index (κ2) is 7.89. The molecule has 3 heterocycles. The fourth-order valence-electron chi connectivity index (χ4n) is 3.00. The largest absolute Gasteiger partial charge is 0.473 e. The van der Waals surface area contributed by atoms with E-state index in [0.29, 0.717) is 6.42 Å². The van der Waals surface area contributed by atoms with Gasteiger partial charge in [-0.3, -0.25) is 0 Å². The first-order valence-corrected chi connectivity index (χ1v) is 10.4. The number of sulfonamides is 1. The molecule has 1 saturated heterocycles. The highest BCUT2D eigenvalue weighted by Gasteiger charge is 2.38. The molecule has 0 aliphatic carbocycles. The van der Waals surface area contributed by atoms with Gasteiger partial charge >= 0.3 is 12.1 Å². The van der Waals surface area contributed by atoms with E-state index in [9.17, 15) is 26.0 Å². The second-order valence-corrected chi connectivity index (χ2v) is 8.59. The van der Waals surface area contributed by atoms with Gasteiger partial charge in [-0.25, -0.2) is 17.8 Å². The molecule has 164 valence electrons. The SMILES string of the molecule is O=S(=O)(c1cccc(F)c1)N1CCC(Oc2ccc(-c3noc(C(F)(F)F)n3)cn2)C1. The zero-order chi connectivity index (χ0) is 22.2. The molecule has 1 unspecified atom stereocenters. The summed E-state index contributed by atoms with van der Waals surface area (Å²) in [5.41, 5.74) is 0.188. The molecule has 1 aromatic carbocycles. The summed E-state index contributed by atoms with van der Waals surface area (Å²) in [7, 11) is -3.86. The molecular formula is C18H14F4N4O4S. The minimum atomic E-state index is -4.75. The molecule has 1 aliphatic rings. The number of hydrogen-bond acceptors (Lipinski definition) is 7. The summed E-state index contributed by atoms with van der Waals surface area (Å²) < 4.78 is 87.4. The van der Waals surface area contributed by atoms with Crippen LogP contribution in [-0.2, 0) is 16.2 Å². The first-order chi connectivity index (χ1) is 14.6. The van der Waals surface area contributed by atoms with Crippen molar-refractivity contribution in [1.29, 1.82) is 0 Å². The van der Waals surface area contributed by atoms with Crippen LogP contribution in [0.2, 0.25) is 0 Å². The summed E-state index contributed by atoms with van der Waals surface area (Å²) in [5, 5.41) is 3.27. The Morgan fingerprint density at radius 1 is 1.19 bits per heavy atom. The van der Waals surface area contributed by atoms with Crippen LogP contribution in [0.4, 0.5) is 17.6 Å². The summed E-state index contributed by atoms with van der Waals surface area (Å²) in [5.74, 6) is -2.24. The molecule has 1 atom stereocenters. The number of hydrogen-bond donors (Lipinski definition) is 0. The van der Waals surface area contributed by atoms with Crippen LogP contribution in [0.15, 0.2) is 52.0 Å². The van der Waals surface area contributed by atoms with Crippen molar-refractivity contribution in [3.8, 4) is 17.3 Å². The van der Waals surface area contributed by atoms with Gasteiger partial charge in [0.1, 0.15) is 11.9 Å². The molecule has 0 bridgehead atoms. The quantitative estimate of drug-likeness (QED) is 0.542. The van der Waals surface area contributed by atoms with Crippen molar-refractivity contribution in [1.82, 2.24) is 19.4 Å². The summed E-state index contributed by atoms with van der Waals surface area (Å²) in [6, 6.07) is 7.55. The maximum absolute atomic E-state index is 13.4. The van der Waals surface area contributed by atoms with Gasteiger partial charge in [0, 0.05) is 24.4 Å². The molecule has 4 rings (SSSR count). The van der Waals surface area contributed by atoms with Crippen molar-refractivity contribution in [3.63, 3.8) is 0 Å². The molecule has 0 amide bonds. The third-order valence-electron chi connectivity index (χ3n) is 4.49. The Kier molecular flexibility index (Phi) is 5.39. The van der Waals surface area contributed by atoms with Crippen LogP contribution in [0.5, 0.6) is 5.88 Å². The van der Waals surface area contributed by atoms with E-state index in [1.54, 1.807) is 0 Å². The molecule has 2 aromatic heterocycles. The Morgan fingerprint density at radius 3 is 2.65 bits per heavy atom. The monoisotopic (exact) mass is 458 g/mol. The average Bonchev–Trinajstić information content (AvgIpc) is 3.38. The first kappa shape index (κ1) is 21.2. The van der Waals surface area contributed by atoms with Crippen LogP contribution < -0.4 is 4.74 Å². The number of aromatic nitrogens is 3. The smallest absolute Gasteiger partial charge is 0.471 e. The van der Waals surface area contributed by atoms with Gasteiger partial charge < -0.3 is 9.26 Å². The number of halogens is 4. The van der Waals surface area contributed by atoms with Crippen LogP contribution in [0.25, 0.3) is 11.4 Å². The van der Waals surface area contributed by atoms with E-state index in [2.05, 4.69) is 19.6 Å². The van der Waals surface area contributed by atoms with Crippen molar-refractivity contribution >= 4 is 10.0 Å². The Labute approximate surface area is 173 Å². The number of rotatable bonds is 5. The molecule has 1 fully saturated rings. The van der Waals surface area contributed by atoms with Gasteiger partial charge in [0.05, 0.1) is 11.4 Å². The Hall–Kier alpha value is -3.06. The molecule has 0 N–H and O–H groups in total. The molecule has 0 saturated carbocycles. The van der Waals surface area contributed by atoms with Crippen molar-refractivity contribution in [2.24, 2.45) is 0 Å². The lowest BCUT2D eigenvalue weighted by molar-refractivity contribution is -0.159. The van der Waals surface area contributed by atoms with Gasteiger partial charge in [-0.2, -0.15) is 22.5 Å². The van der Waals surface area contributed by atoms with Gasteiger partial charge in [0.15, 0.2) is 0 Å². The first-order valence-electron chi connectivity index (χ1n) is 8.92. The number of alkyl halides is 3. The minimum Gasteiger partial charge on any atom is -0.473 e. The third kappa shape index (κ3) is 4.51. The van der Waals surface area contributed by atoms with Gasteiger partial charge in [-0.1, -0.05) is 11.2 Å². The molecule has 31 heavy (non-hydrogen) atoms. The van der Waals surface area contributed by atoms with Gasteiger partial charge in [-0.15, -0.1) is 0 Å². The second-order valence-electron chi connectivity index (χ2n) is 6.65. The fourth-order valence-corrected chi connectivity index (χ4v) is 4.52. The molecule has 3 aromatic rings. The lowest BCUT2D eigenvalue weighted by Gasteiger charge is -2.17. The maximum atomic E-state index is 13.4. The van der Waals surface area contributed by atoms with Gasteiger partial charge in [0.2, 0.25) is 21.7 Å². The lowest BCUT2D eigenvalue weighted by Crippen LogP contribution is -2.31. The Morgan fingerprint density at radius 2 is 2.00 bits per heavy atom. The van der Waals surface area contributed by atoms with E-state index in [4.69, 9.17) is 4.74 Å².